The van der Waals surface area contributed by atoms with Gasteiger partial charge in [-0.15, -0.1) is 0 Å². The highest BCUT2D eigenvalue weighted by Crippen LogP contribution is 2.37. The average Bonchev–Trinajstić information content (AvgIpc) is 2.89. The minimum atomic E-state index is -0.901. The first kappa shape index (κ1) is 25.3. The van der Waals surface area contributed by atoms with Crippen molar-refractivity contribution in [1.82, 2.24) is 0 Å². The molecular weight excluding hydrogens is 476 g/mol. The lowest BCUT2D eigenvalue weighted by Gasteiger charge is -2.18. The van der Waals surface area contributed by atoms with Crippen LogP contribution in [0.5, 0.6) is 17.2 Å². The molecule has 9 nitrogen and oxygen atoms in total. The van der Waals surface area contributed by atoms with E-state index >= 15 is 0 Å². The predicted molar refractivity (Wildman–Crippen MR) is 140 cm³/mol. The van der Waals surface area contributed by atoms with E-state index in [1.54, 1.807) is 61.5 Å². The van der Waals surface area contributed by atoms with Crippen LogP contribution in [-0.4, -0.2) is 32.1 Å². The fourth-order valence-electron chi connectivity index (χ4n) is 3.75. The molecule has 4 aromatic rings. The first-order valence-electron chi connectivity index (χ1n) is 11.4. The molecule has 1 heterocycles. The number of ether oxygens (including phenoxy) is 3. The van der Waals surface area contributed by atoms with Crippen molar-refractivity contribution in [3.63, 3.8) is 0 Å². The van der Waals surface area contributed by atoms with E-state index in [1.165, 1.54) is 20.3 Å². The second-order valence-electron chi connectivity index (χ2n) is 8.23. The van der Waals surface area contributed by atoms with Gasteiger partial charge in [-0.05, 0) is 43.7 Å². The van der Waals surface area contributed by atoms with Crippen LogP contribution in [0.15, 0.2) is 75.9 Å². The van der Waals surface area contributed by atoms with Gasteiger partial charge in [0.15, 0.2) is 6.10 Å². The molecule has 0 aliphatic rings. The number of nitrogens with one attached hydrogen (secondary N) is 2. The molecule has 0 bridgehead atoms. The molecule has 0 fully saturated rings. The minimum absolute atomic E-state index is 0.313. The van der Waals surface area contributed by atoms with E-state index < -0.39 is 17.6 Å². The van der Waals surface area contributed by atoms with Crippen molar-refractivity contribution >= 4 is 34.2 Å². The van der Waals surface area contributed by atoms with Crippen molar-refractivity contribution in [3.8, 4) is 17.2 Å². The van der Waals surface area contributed by atoms with Gasteiger partial charge in [-0.25, -0.2) is 4.79 Å². The Labute approximate surface area is 213 Å². The van der Waals surface area contributed by atoms with Crippen molar-refractivity contribution < 1.29 is 28.2 Å². The molecule has 0 radical (unpaired) electrons. The zero-order valence-electron chi connectivity index (χ0n) is 20.8. The fraction of sp³-hybridized carbons (Fsp3) is 0.179. The van der Waals surface area contributed by atoms with Crippen LogP contribution in [0.3, 0.4) is 0 Å². The van der Waals surface area contributed by atoms with E-state index in [0.29, 0.717) is 39.8 Å². The number of hydrogen-bond donors (Lipinski definition) is 2. The molecule has 1 atom stereocenters. The zero-order valence-corrected chi connectivity index (χ0v) is 20.8. The standard InChI is InChI=1S/C28H26N2O7/c1-16-12-26(31)37-23-13-19(10-11-20(16)23)36-17(2)27(32)29-21-14-25(35-4)22(15-24(21)34-3)30-28(33)18-8-6-5-7-9-18/h5-15,17H,1-4H3,(H,29,32)(H,30,33). The molecule has 4 rings (SSSR count). The lowest BCUT2D eigenvalue weighted by molar-refractivity contribution is -0.122. The molecule has 37 heavy (non-hydrogen) atoms. The third-order valence-corrected chi connectivity index (χ3v) is 5.67. The number of anilines is 2. The second kappa shape index (κ2) is 10.9. The number of methoxy groups -OCH3 is 2. The van der Waals surface area contributed by atoms with Gasteiger partial charge < -0.3 is 29.3 Å². The lowest BCUT2D eigenvalue weighted by atomic mass is 10.1. The summed E-state index contributed by atoms with van der Waals surface area (Å²) in [5.74, 6) is 0.238. The summed E-state index contributed by atoms with van der Waals surface area (Å²) in [6, 6.07) is 18.3. The fourth-order valence-corrected chi connectivity index (χ4v) is 3.75. The Kier molecular flexibility index (Phi) is 7.43. The quantitative estimate of drug-likeness (QED) is 0.333. The third kappa shape index (κ3) is 5.72. The van der Waals surface area contributed by atoms with E-state index in [-0.39, 0.29) is 5.91 Å². The number of carbonyl (C=O) groups excluding carboxylic acids is 2. The molecule has 0 aliphatic heterocycles. The van der Waals surface area contributed by atoms with Gasteiger partial charge in [-0.2, -0.15) is 0 Å². The number of carbonyl (C=O) groups is 2. The number of fused-ring (bicyclic) bond motifs is 1. The van der Waals surface area contributed by atoms with E-state index in [4.69, 9.17) is 18.6 Å². The Morgan fingerprint density at radius 3 is 2.16 bits per heavy atom. The summed E-state index contributed by atoms with van der Waals surface area (Å²) in [6.45, 7) is 3.40. The van der Waals surface area contributed by atoms with Crippen LogP contribution in [0.4, 0.5) is 11.4 Å². The van der Waals surface area contributed by atoms with Crippen molar-refractivity contribution in [2.75, 3.05) is 24.9 Å². The maximum absolute atomic E-state index is 12.9. The Morgan fingerprint density at radius 1 is 0.865 bits per heavy atom. The third-order valence-electron chi connectivity index (χ3n) is 5.67. The topological polar surface area (TPSA) is 116 Å². The number of aryl methyl sites for hydroxylation is 1. The maximum Gasteiger partial charge on any atom is 0.336 e. The molecule has 2 amide bonds. The van der Waals surface area contributed by atoms with Gasteiger partial charge >= 0.3 is 5.63 Å². The molecular formula is C28H26N2O7. The first-order valence-corrected chi connectivity index (χ1v) is 11.4. The van der Waals surface area contributed by atoms with Gasteiger partial charge in [0.1, 0.15) is 22.8 Å². The second-order valence-corrected chi connectivity index (χ2v) is 8.23. The van der Waals surface area contributed by atoms with Gasteiger partial charge in [-0.1, -0.05) is 18.2 Å². The minimum Gasteiger partial charge on any atom is -0.494 e. The van der Waals surface area contributed by atoms with E-state index in [1.807, 2.05) is 13.0 Å². The predicted octanol–water partition coefficient (Wildman–Crippen LogP) is 4.78. The molecule has 0 spiro atoms. The number of rotatable bonds is 8. The normalized spacial score (nSPS) is 11.5. The zero-order chi connectivity index (χ0) is 26.5. The van der Waals surface area contributed by atoms with E-state index in [2.05, 4.69) is 10.6 Å². The average molecular weight is 503 g/mol. The summed E-state index contributed by atoms with van der Waals surface area (Å²) in [5.41, 5.74) is 1.89. The Hall–Kier alpha value is -4.79. The molecule has 3 aromatic carbocycles. The maximum atomic E-state index is 12.9. The summed E-state index contributed by atoms with van der Waals surface area (Å²) in [4.78, 5) is 37.2. The van der Waals surface area contributed by atoms with Crippen LogP contribution in [0.1, 0.15) is 22.8 Å². The number of amides is 2. The van der Waals surface area contributed by atoms with Crippen LogP contribution >= 0.6 is 0 Å². The van der Waals surface area contributed by atoms with Crippen molar-refractivity contribution in [3.05, 3.63) is 88.3 Å². The largest absolute Gasteiger partial charge is 0.494 e. The van der Waals surface area contributed by atoms with Crippen LogP contribution in [0.2, 0.25) is 0 Å². The van der Waals surface area contributed by atoms with Gasteiger partial charge in [-0.3, -0.25) is 9.59 Å². The molecule has 0 saturated heterocycles. The Morgan fingerprint density at radius 2 is 1.51 bits per heavy atom. The van der Waals surface area contributed by atoms with Crippen molar-refractivity contribution in [2.45, 2.75) is 20.0 Å². The summed E-state index contributed by atoms with van der Waals surface area (Å²) < 4.78 is 21.9. The van der Waals surface area contributed by atoms with Crippen LogP contribution in [0.25, 0.3) is 11.0 Å². The van der Waals surface area contributed by atoms with Gasteiger partial charge in [0.2, 0.25) is 0 Å². The summed E-state index contributed by atoms with van der Waals surface area (Å²) in [6.07, 6.45) is -0.901. The lowest BCUT2D eigenvalue weighted by Crippen LogP contribution is -2.30. The smallest absolute Gasteiger partial charge is 0.336 e. The highest BCUT2D eigenvalue weighted by molar-refractivity contribution is 6.05. The molecule has 0 aliphatic carbocycles. The van der Waals surface area contributed by atoms with E-state index in [9.17, 15) is 14.4 Å². The Bertz CT molecular complexity index is 1510. The molecule has 1 aromatic heterocycles. The summed E-state index contributed by atoms with van der Waals surface area (Å²) in [5, 5.41) is 6.35. The molecule has 2 N–H and O–H groups in total. The van der Waals surface area contributed by atoms with Gasteiger partial charge in [0, 0.05) is 35.2 Å². The van der Waals surface area contributed by atoms with E-state index in [0.717, 1.165) is 10.9 Å². The molecule has 0 saturated carbocycles. The summed E-state index contributed by atoms with van der Waals surface area (Å²) in [7, 11) is 2.90. The summed E-state index contributed by atoms with van der Waals surface area (Å²) >= 11 is 0. The SMILES string of the molecule is COc1cc(NC(=O)C(C)Oc2ccc3c(C)cc(=O)oc3c2)c(OC)cc1NC(=O)c1ccccc1. The van der Waals surface area contributed by atoms with Crippen molar-refractivity contribution in [2.24, 2.45) is 0 Å². The Balaban J connectivity index is 1.51. The number of benzene rings is 3. The molecule has 190 valence electrons. The van der Waals surface area contributed by atoms with Crippen molar-refractivity contribution in [1.29, 1.82) is 0 Å². The number of hydrogen-bond acceptors (Lipinski definition) is 7. The van der Waals surface area contributed by atoms with Crippen LogP contribution in [-0.2, 0) is 4.79 Å². The monoisotopic (exact) mass is 502 g/mol. The van der Waals surface area contributed by atoms with Gasteiger partial charge in [0.25, 0.3) is 11.8 Å². The first-order chi connectivity index (χ1) is 17.8. The highest BCUT2D eigenvalue weighted by atomic mass is 16.5. The van der Waals surface area contributed by atoms with Gasteiger partial charge in [0.05, 0.1) is 25.6 Å². The van der Waals surface area contributed by atoms with Crippen LogP contribution < -0.4 is 30.5 Å². The highest BCUT2D eigenvalue weighted by Gasteiger charge is 2.20. The van der Waals surface area contributed by atoms with Crippen LogP contribution in [0, 0.1) is 6.92 Å². The molecule has 9 heteroatoms. The molecule has 1 unspecified atom stereocenters.